The normalized spacial score (nSPS) is 12.2. The molecule has 0 saturated heterocycles. The lowest BCUT2D eigenvalue weighted by Gasteiger charge is -2.08. The topological polar surface area (TPSA) is 55.1 Å². The molecule has 0 bridgehead atoms. The van der Waals surface area contributed by atoms with Gasteiger partial charge in [-0.05, 0) is 24.6 Å². The number of benzene rings is 1. The van der Waals surface area contributed by atoms with Crippen LogP contribution in [0.5, 0.6) is 0 Å². The number of halogens is 1. The number of carbonyl (C=O) groups is 1. The van der Waals surface area contributed by atoms with Crippen molar-refractivity contribution in [2.45, 2.75) is 25.8 Å². The summed E-state index contributed by atoms with van der Waals surface area (Å²) in [6.45, 7) is 2.07. The molecular weight excluding hydrogens is 268 g/mol. The van der Waals surface area contributed by atoms with Gasteiger partial charge in [0.05, 0.1) is 0 Å². The molecule has 3 nitrogen and oxygen atoms in total. The Morgan fingerprint density at radius 1 is 1.56 bits per heavy atom. The standard InChI is InChI=1S/C13H19ClN2OS/c1-2-11(15)9-18-7-6-13(17)16-12-5-3-4-10(14)8-12/h3-5,8,11H,2,6-7,9,15H2,1H3,(H,16,17). The largest absolute Gasteiger partial charge is 0.327 e. The quantitative estimate of drug-likeness (QED) is 0.757. The molecule has 18 heavy (non-hydrogen) atoms. The van der Waals surface area contributed by atoms with Crippen molar-refractivity contribution >= 4 is 35.0 Å². The first-order chi connectivity index (χ1) is 8.61. The number of hydrogen-bond donors (Lipinski definition) is 2. The van der Waals surface area contributed by atoms with E-state index in [4.69, 9.17) is 17.3 Å². The number of thioether (sulfide) groups is 1. The summed E-state index contributed by atoms with van der Waals surface area (Å²) in [5.74, 6) is 1.70. The van der Waals surface area contributed by atoms with Gasteiger partial charge in [0.25, 0.3) is 0 Å². The van der Waals surface area contributed by atoms with Crippen LogP contribution >= 0.6 is 23.4 Å². The summed E-state index contributed by atoms with van der Waals surface area (Å²) in [7, 11) is 0. The molecule has 1 aromatic rings. The van der Waals surface area contributed by atoms with Crippen molar-refractivity contribution < 1.29 is 4.79 Å². The van der Waals surface area contributed by atoms with Gasteiger partial charge in [-0.15, -0.1) is 0 Å². The molecule has 0 aliphatic heterocycles. The Balaban J connectivity index is 2.22. The van der Waals surface area contributed by atoms with Crippen molar-refractivity contribution in [1.82, 2.24) is 0 Å². The van der Waals surface area contributed by atoms with E-state index in [1.54, 1.807) is 23.9 Å². The Morgan fingerprint density at radius 3 is 3.00 bits per heavy atom. The van der Waals surface area contributed by atoms with Crippen LogP contribution in [0.2, 0.25) is 5.02 Å². The number of anilines is 1. The number of nitrogens with one attached hydrogen (secondary N) is 1. The zero-order chi connectivity index (χ0) is 13.4. The van der Waals surface area contributed by atoms with E-state index in [9.17, 15) is 4.79 Å². The molecular formula is C13H19ClN2OS. The van der Waals surface area contributed by atoms with E-state index in [2.05, 4.69) is 12.2 Å². The van der Waals surface area contributed by atoms with Crippen LogP contribution in [0.25, 0.3) is 0 Å². The van der Waals surface area contributed by atoms with Crippen LogP contribution in [0.4, 0.5) is 5.69 Å². The first kappa shape index (κ1) is 15.3. The second-order valence-corrected chi connectivity index (χ2v) is 5.64. The van der Waals surface area contributed by atoms with Crippen LogP contribution in [0.1, 0.15) is 19.8 Å². The van der Waals surface area contributed by atoms with Gasteiger partial charge >= 0.3 is 0 Å². The SMILES string of the molecule is CCC(N)CSCCC(=O)Nc1cccc(Cl)c1. The summed E-state index contributed by atoms with van der Waals surface area (Å²) < 4.78 is 0. The second kappa shape index (κ2) is 8.40. The lowest BCUT2D eigenvalue weighted by molar-refractivity contribution is -0.115. The summed E-state index contributed by atoms with van der Waals surface area (Å²) in [6, 6.07) is 7.38. The molecule has 1 atom stereocenters. The number of nitrogens with two attached hydrogens (primary N) is 1. The third kappa shape index (κ3) is 6.28. The molecule has 0 aliphatic carbocycles. The van der Waals surface area contributed by atoms with E-state index in [0.717, 1.165) is 23.6 Å². The molecule has 0 spiro atoms. The second-order valence-electron chi connectivity index (χ2n) is 4.05. The summed E-state index contributed by atoms with van der Waals surface area (Å²) in [5.41, 5.74) is 6.53. The van der Waals surface area contributed by atoms with Crippen LogP contribution in [0, 0.1) is 0 Å². The van der Waals surface area contributed by atoms with Crippen LogP contribution in [0.15, 0.2) is 24.3 Å². The summed E-state index contributed by atoms with van der Waals surface area (Å²) >= 11 is 7.55. The van der Waals surface area contributed by atoms with Gasteiger partial charge < -0.3 is 11.1 Å². The molecule has 5 heteroatoms. The Hall–Kier alpha value is -0.710. The third-order valence-corrected chi connectivity index (χ3v) is 3.83. The number of rotatable bonds is 7. The molecule has 1 aromatic carbocycles. The predicted molar refractivity (Wildman–Crippen MR) is 80.3 cm³/mol. The Bertz CT molecular complexity index is 387. The molecule has 0 radical (unpaired) electrons. The monoisotopic (exact) mass is 286 g/mol. The van der Waals surface area contributed by atoms with E-state index in [-0.39, 0.29) is 11.9 Å². The fraction of sp³-hybridized carbons (Fsp3) is 0.462. The van der Waals surface area contributed by atoms with Crippen molar-refractivity contribution in [2.75, 3.05) is 16.8 Å². The van der Waals surface area contributed by atoms with Gasteiger partial charge in [-0.3, -0.25) is 4.79 Å². The highest BCUT2D eigenvalue weighted by molar-refractivity contribution is 7.99. The molecule has 3 N–H and O–H groups in total. The zero-order valence-corrected chi connectivity index (χ0v) is 12.1. The highest BCUT2D eigenvalue weighted by atomic mass is 35.5. The van der Waals surface area contributed by atoms with E-state index < -0.39 is 0 Å². The molecule has 0 fully saturated rings. The molecule has 100 valence electrons. The molecule has 1 rings (SSSR count). The third-order valence-electron chi connectivity index (χ3n) is 2.44. The van der Waals surface area contributed by atoms with Crippen molar-refractivity contribution in [3.8, 4) is 0 Å². The highest BCUT2D eigenvalue weighted by Gasteiger charge is 2.04. The fourth-order valence-electron chi connectivity index (χ4n) is 1.31. The van der Waals surface area contributed by atoms with E-state index in [1.165, 1.54) is 0 Å². The Labute approximate surface area is 117 Å². The van der Waals surface area contributed by atoms with Crippen LogP contribution in [-0.2, 0) is 4.79 Å². The molecule has 0 aromatic heterocycles. The maximum atomic E-state index is 11.6. The lowest BCUT2D eigenvalue weighted by atomic mass is 10.3. The van der Waals surface area contributed by atoms with Crippen LogP contribution in [-0.4, -0.2) is 23.5 Å². The van der Waals surface area contributed by atoms with Crippen molar-refractivity contribution in [2.24, 2.45) is 5.73 Å². The first-order valence-corrected chi connectivity index (χ1v) is 7.53. The van der Waals surface area contributed by atoms with Gasteiger partial charge in [-0.25, -0.2) is 0 Å². The van der Waals surface area contributed by atoms with Gasteiger partial charge in [0.2, 0.25) is 5.91 Å². The molecule has 1 unspecified atom stereocenters. The lowest BCUT2D eigenvalue weighted by Crippen LogP contribution is -2.22. The smallest absolute Gasteiger partial charge is 0.225 e. The Kier molecular flexibility index (Phi) is 7.16. The van der Waals surface area contributed by atoms with Crippen LogP contribution < -0.4 is 11.1 Å². The zero-order valence-electron chi connectivity index (χ0n) is 10.5. The first-order valence-electron chi connectivity index (χ1n) is 6.00. The number of carbonyl (C=O) groups excluding carboxylic acids is 1. The minimum atomic E-state index is 0.00911. The average Bonchev–Trinajstić information content (AvgIpc) is 2.34. The molecule has 0 aliphatic rings. The van der Waals surface area contributed by atoms with Crippen molar-refractivity contribution in [3.05, 3.63) is 29.3 Å². The van der Waals surface area contributed by atoms with E-state index in [0.29, 0.717) is 11.4 Å². The van der Waals surface area contributed by atoms with Crippen LogP contribution in [0.3, 0.4) is 0 Å². The summed E-state index contributed by atoms with van der Waals surface area (Å²) in [5, 5.41) is 3.44. The van der Waals surface area contributed by atoms with Crippen molar-refractivity contribution in [3.63, 3.8) is 0 Å². The maximum Gasteiger partial charge on any atom is 0.225 e. The fourth-order valence-corrected chi connectivity index (χ4v) is 2.53. The average molecular weight is 287 g/mol. The van der Waals surface area contributed by atoms with Gasteiger partial charge in [-0.1, -0.05) is 24.6 Å². The van der Waals surface area contributed by atoms with E-state index in [1.807, 2.05) is 12.1 Å². The predicted octanol–water partition coefficient (Wildman–Crippen LogP) is 3.14. The minimum Gasteiger partial charge on any atom is -0.327 e. The molecule has 1 amide bonds. The summed E-state index contributed by atoms with van der Waals surface area (Å²) in [4.78, 5) is 11.6. The van der Waals surface area contributed by atoms with Gasteiger partial charge in [-0.2, -0.15) is 11.8 Å². The highest BCUT2D eigenvalue weighted by Crippen LogP contribution is 2.15. The summed E-state index contributed by atoms with van der Waals surface area (Å²) in [6.07, 6.45) is 1.47. The van der Waals surface area contributed by atoms with Crippen molar-refractivity contribution in [1.29, 1.82) is 0 Å². The number of hydrogen-bond acceptors (Lipinski definition) is 3. The van der Waals surface area contributed by atoms with Gasteiger partial charge in [0, 0.05) is 34.7 Å². The Morgan fingerprint density at radius 2 is 2.33 bits per heavy atom. The van der Waals surface area contributed by atoms with Gasteiger partial charge in [0.15, 0.2) is 0 Å². The molecule has 0 heterocycles. The van der Waals surface area contributed by atoms with E-state index >= 15 is 0 Å². The maximum absolute atomic E-state index is 11.6. The van der Waals surface area contributed by atoms with Gasteiger partial charge in [0.1, 0.15) is 0 Å². The number of amides is 1. The minimum absolute atomic E-state index is 0.00911. The molecule has 0 saturated carbocycles.